The van der Waals surface area contributed by atoms with Crippen LogP contribution in [-0.4, -0.2) is 27.2 Å². The summed E-state index contributed by atoms with van der Waals surface area (Å²) >= 11 is 11.7. The van der Waals surface area contributed by atoms with Crippen molar-refractivity contribution in [2.75, 3.05) is 5.32 Å². The molecule has 19 heavy (non-hydrogen) atoms. The van der Waals surface area contributed by atoms with Crippen LogP contribution in [0.3, 0.4) is 0 Å². The highest BCUT2D eigenvalue weighted by molar-refractivity contribution is 6.35. The van der Waals surface area contributed by atoms with E-state index in [4.69, 9.17) is 27.9 Å². The van der Waals surface area contributed by atoms with E-state index in [0.717, 1.165) is 0 Å². The Hall–Kier alpha value is -1.79. The molecule has 1 amide bonds. The first-order valence-electron chi connectivity index (χ1n) is 5.34. The second kappa shape index (κ2) is 5.90. The molecule has 1 heterocycles. The molecule has 100 valence electrons. The number of carbonyl (C=O) groups excluding carboxylic acids is 1. The van der Waals surface area contributed by atoms with Crippen molar-refractivity contribution in [3.8, 4) is 5.75 Å². The maximum absolute atomic E-state index is 11.8. The van der Waals surface area contributed by atoms with Crippen molar-refractivity contribution in [2.45, 2.75) is 13.0 Å². The van der Waals surface area contributed by atoms with Gasteiger partial charge >= 0.3 is 0 Å². The fourth-order valence-corrected chi connectivity index (χ4v) is 1.75. The Labute approximate surface area is 119 Å². The van der Waals surface area contributed by atoms with Crippen molar-refractivity contribution in [1.82, 2.24) is 15.2 Å². The highest BCUT2D eigenvalue weighted by Crippen LogP contribution is 2.28. The van der Waals surface area contributed by atoms with Gasteiger partial charge in [-0.1, -0.05) is 23.2 Å². The molecule has 1 atom stereocenters. The average molecular weight is 301 g/mol. The zero-order valence-electron chi connectivity index (χ0n) is 9.85. The Kier molecular flexibility index (Phi) is 4.24. The topological polar surface area (TPSA) is 79.9 Å². The van der Waals surface area contributed by atoms with Crippen LogP contribution in [0.25, 0.3) is 0 Å². The van der Waals surface area contributed by atoms with Crippen LogP contribution >= 0.6 is 23.2 Å². The van der Waals surface area contributed by atoms with Gasteiger partial charge in [-0.15, -0.1) is 0 Å². The first kappa shape index (κ1) is 13.6. The van der Waals surface area contributed by atoms with E-state index >= 15 is 0 Å². The van der Waals surface area contributed by atoms with E-state index < -0.39 is 6.10 Å². The second-order valence-electron chi connectivity index (χ2n) is 3.66. The molecule has 0 aliphatic carbocycles. The minimum Gasteiger partial charge on any atom is -0.479 e. The van der Waals surface area contributed by atoms with Crippen LogP contribution in [0.4, 0.5) is 5.95 Å². The lowest BCUT2D eigenvalue weighted by Gasteiger charge is -2.14. The molecule has 0 bridgehead atoms. The fourth-order valence-electron chi connectivity index (χ4n) is 1.30. The first-order valence-corrected chi connectivity index (χ1v) is 6.10. The number of hydrogen-bond acceptors (Lipinski definition) is 4. The number of aromatic nitrogens is 3. The number of halogens is 2. The molecule has 2 aromatic rings. The van der Waals surface area contributed by atoms with Crippen molar-refractivity contribution < 1.29 is 9.53 Å². The predicted octanol–water partition coefficient (Wildman–Crippen LogP) is 2.52. The molecular weight excluding hydrogens is 291 g/mol. The largest absolute Gasteiger partial charge is 0.479 e. The number of anilines is 1. The molecule has 1 aromatic carbocycles. The molecule has 0 aliphatic rings. The second-order valence-corrected chi connectivity index (χ2v) is 4.50. The van der Waals surface area contributed by atoms with E-state index in [-0.39, 0.29) is 11.9 Å². The number of benzene rings is 1. The molecule has 2 N–H and O–H groups in total. The van der Waals surface area contributed by atoms with Crippen molar-refractivity contribution in [1.29, 1.82) is 0 Å². The molecule has 0 aliphatic heterocycles. The quantitative estimate of drug-likeness (QED) is 0.909. The Morgan fingerprint density at radius 2 is 2.26 bits per heavy atom. The summed E-state index contributed by atoms with van der Waals surface area (Å²) in [6.07, 6.45) is 0.542. The zero-order chi connectivity index (χ0) is 13.8. The molecule has 0 fully saturated rings. The van der Waals surface area contributed by atoms with Crippen LogP contribution in [0.1, 0.15) is 6.92 Å². The van der Waals surface area contributed by atoms with Crippen molar-refractivity contribution in [2.24, 2.45) is 0 Å². The number of rotatable bonds is 4. The van der Waals surface area contributed by atoms with Crippen LogP contribution in [0.5, 0.6) is 5.75 Å². The van der Waals surface area contributed by atoms with E-state index in [1.54, 1.807) is 25.1 Å². The molecule has 6 nitrogen and oxygen atoms in total. The normalized spacial score (nSPS) is 11.9. The smallest absolute Gasteiger partial charge is 0.267 e. The third-order valence-electron chi connectivity index (χ3n) is 2.22. The summed E-state index contributed by atoms with van der Waals surface area (Å²) < 4.78 is 5.45. The molecule has 0 radical (unpaired) electrons. The zero-order valence-corrected chi connectivity index (χ0v) is 11.4. The fraction of sp³-hybridized carbons (Fsp3) is 0.182. The molecule has 0 spiro atoms. The van der Waals surface area contributed by atoms with Gasteiger partial charge < -0.3 is 4.74 Å². The van der Waals surface area contributed by atoms with Crippen LogP contribution < -0.4 is 10.1 Å². The number of carbonyl (C=O) groups is 1. The van der Waals surface area contributed by atoms with Crippen LogP contribution in [0.2, 0.25) is 10.0 Å². The Bertz CT molecular complexity index is 574. The van der Waals surface area contributed by atoms with E-state index in [0.29, 0.717) is 15.8 Å². The van der Waals surface area contributed by atoms with Gasteiger partial charge in [0, 0.05) is 5.02 Å². The van der Waals surface area contributed by atoms with Gasteiger partial charge in [-0.05, 0) is 25.1 Å². The van der Waals surface area contributed by atoms with E-state index in [9.17, 15) is 4.79 Å². The summed E-state index contributed by atoms with van der Waals surface area (Å²) in [6, 6.07) is 4.77. The van der Waals surface area contributed by atoms with E-state index in [1.807, 2.05) is 0 Å². The number of aromatic amines is 1. The van der Waals surface area contributed by atoms with Gasteiger partial charge in [0.15, 0.2) is 6.10 Å². The van der Waals surface area contributed by atoms with Gasteiger partial charge in [0.2, 0.25) is 5.95 Å². The van der Waals surface area contributed by atoms with Gasteiger partial charge in [0.05, 0.1) is 5.02 Å². The summed E-state index contributed by atoms with van der Waals surface area (Å²) in [4.78, 5) is 15.6. The van der Waals surface area contributed by atoms with E-state index in [2.05, 4.69) is 20.5 Å². The predicted molar refractivity (Wildman–Crippen MR) is 71.6 cm³/mol. The van der Waals surface area contributed by atoms with Gasteiger partial charge in [-0.2, -0.15) is 10.1 Å². The number of hydrogen-bond donors (Lipinski definition) is 2. The van der Waals surface area contributed by atoms with E-state index in [1.165, 1.54) is 6.33 Å². The van der Waals surface area contributed by atoms with Gasteiger partial charge in [-0.25, -0.2) is 5.10 Å². The molecule has 0 saturated carbocycles. The van der Waals surface area contributed by atoms with Gasteiger partial charge in [0.1, 0.15) is 12.1 Å². The summed E-state index contributed by atoms with van der Waals surface area (Å²) in [5, 5.41) is 9.48. The minimum atomic E-state index is -0.747. The summed E-state index contributed by atoms with van der Waals surface area (Å²) in [5.41, 5.74) is 0. The summed E-state index contributed by atoms with van der Waals surface area (Å²) in [7, 11) is 0. The van der Waals surface area contributed by atoms with Crippen LogP contribution in [0.15, 0.2) is 24.5 Å². The van der Waals surface area contributed by atoms with Gasteiger partial charge in [-0.3, -0.25) is 10.1 Å². The lowest BCUT2D eigenvalue weighted by Crippen LogP contribution is -2.30. The van der Waals surface area contributed by atoms with Crippen molar-refractivity contribution in [3.05, 3.63) is 34.6 Å². The van der Waals surface area contributed by atoms with Crippen LogP contribution in [0, 0.1) is 0 Å². The van der Waals surface area contributed by atoms with Crippen molar-refractivity contribution >= 4 is 35.1 Å². The number of nitrogens with zero attached hydrogens (tertiary/aromatic N) is 2. The van der Waals surface area contributed by atoms with Crippen molar-refractivity contribution in [3.63, 3.8) is 0 Å². The molecule has 2 rings (SSSR count). The average Bonchev–Trinajstić information content (AvgIpc) is 2.85. The van der Waals surface area contributed by atoms with Crippen LogP contribution in [-0.2, 0) is 4.79 Å². The summed E-state index contributed by atoms with van der Waals surface area (Å²) in [5.74, 6) is 0.261. The molecule has 1 aromatic heterocycles. The summed E-state index contributed by atoms with van der Waals surface area (Å²) in [6.45, 7) is 1.59. The third-order valence-corrected chi connectivity index (χ3v) is 2.75. The monoisotopic (exact) mass is 300 g/mol. The Morgan fingerprint density at radius 3 is 2.89 bits per heavy atom. The lowest BCUT2D eigenvalue weighted by molar-refractivity contribution is -0.122. The number of ether oxygens (including phenoxy) is 1. The molecule has 1 unspecified atom stereocenters. The maximum atomic E-state index is 11.8. The number of nitrogens with one attached hydrogen (secondary N) is 2. The lowest BCUT2D eigenvalue weighted by atomic mass is 10.3. The standard InChI is InChI=1S/C11H10Cl2N4O2/c1-6(10(18)16-11-14-5-15-17-11)19-9-3-2-7(12)4-8(9)13/h2-6H,1H3,(H2,14,15,16,17,18). The molecular formula is C11H10Cl2N4O2. The molecule has 8 heteroatoms. The SMILES string of the molecule is CC(Oc1ccc(Cl)cc1Cl)C(=O)Nc1ncn[nH]1. The highest BCUT2D eigenvalue weighted by atomic mass is 35.5. The third kappa shape index (κ3) is 3.59. The Balaban J connectivity index is 2.00. The number of amides is 1. The highest BCUT2D eigenvalue weighted by Gasteiger charge is 2.17. The molecule has 0 saturated heterocycles. The minimum absolute atomic E-state index is 0.252. The first-order chi connectivity index (χ1) is 9.06. The number of H-pyrrole nitrogens is 1. The maximum Gasteiger partial charge on any atom is 0.267 e. The Morgan fingerprint density at radius 1 is 1.47 bits per heavy atom. The van der Waals surface area contributed by atoms with Gasteiger partial charge in [0.25, 0.3) is 5.91 Å².